The van der Waals surface area contributed by atoms with Crippen LogP contribution in [0.3, 0.4) is 0 Å². The van der Waals surface area contributed by atoms with Crippen LogP contribution in [0.25, 0.3) is 6.08 Å². The van der Waals surface area contributed by atoms with Crippen LogP contribution in [-0.4, -0.2) is 19.6 Å². The molecule has 0 atom stereocenters. The molecule has 0 bridgehead atoms. The SMILES string of the molecule is COc1ccc(C#N)cc1C=CCCNC(C)=O. The van der Waals surface area contributed by atoms with Crippen molar-refractivity contribution in [2.75, 3.05) is 13.7 Å². The number of carbonyl (C=O) groups excluding carboxylic acids is 1. The Kier molecular flexibility index (Phi) is 5.46. The Hall–Kier alpha value is -2.28. The number of nitrogens with one attached hydrogen (secondary N) is 1. The first kappa shape index (κ1) is 13.8. The summed E-state index contributed by atoms with van der Waals surface area (Å²) in [6.45, 7) is 2.09. The second kappa shape index (κ2) is 7.13. The molecule has 0 saturated carbocycles. The molecule has 1 aromatic rings. The van der Waals surface area contributed by atoms with Crippen molar-refractivity contribution in [2.45, 2.75) is 13.3 Å². The summed E-state index contributed by atoms with van der Waals surface area (Å²) >= 11 is 0. The number of nitrogens with zero attached hydrogens (tertiary/aromatic N) is 1. The van der Waals surface area contributed by atoms with E-state index >= 15 is 0 Å². The summed E-state index contributed by atoms with van der Waals surface area (Å²) in [5.41, 5.74) is 1.46. The van der Waals surface area contributed by atoms with E-state index in [1.165, 1.54) is 6.92 Å². The zero-order valence-electron chi connectivity index (χ0n) is 10.6. The highest BCUT2D eigenvalue weighted by Gasteiger charge is 2.00. The Labute approximate surface area is 107 Å². The normalized spacial score (nSPS) is 10.1. The van der Waals surface area contributed by atoms with Crippen molar-refractivity contribution in [1.29, 1.82) is 5.26 Å². The van der Waals surface area contributed by atoms with Gasteiger partial charge in [-0.05, 0) is 24.6 Å². The molecule has 0 heterocycles. The van der Waals surface area contributed by atoms with Crippen LogP contribution in [0.1, 0.15) is 24.5 Å². The Morgan fingerprint density at radius 3 is 2.94 bits per heavy atom. The van der Waals surface area contributed by atoms with E-state index in [0.717, 1.165) is 17.7 Å². The van der Waals surface area contributed by atoms with Gasteiger partial charge in [-0.1, -0.05) is 12.2 Å². The zero-order valence-corrected chi connectivity index (χ0v) is 10.6. The maximum absolute atomic E-state index is 10.7. The van der Waals surface area contributed by atoms with Crippen LogP contribution in [-0.2, 0) is 4.79 Å². The second-order valence-electron chi connectivity index (χ2n) is 3.74. The number of benzene rings is 1. The molecular formula is C14H16N2O2. The molecule has 0 fully saturated rings. The summed E-state index contributed by atoms with van der Waals surface area (Å²) in [7, 11) is 1.59. The van der Waals surface area contributed by atoms with E-state index in [1.807, 2.05) is 12.2 Å². The molecular weight excluding hydrogens is 228 g/mol. The fraction of sp³-hybridized carbons (Fsp3) is 0.286. The second-order valence-corrected chi connectivity index (χ2v) is 3.74. The Morgan fingerprint density at radius 2 is 2.33 bits per heavy atom. The Balaban J connectivity index is 2.67. The fourth-order valence-electron chi connectivity index (χ4n) is 1.48. The van der Waals surface area contributed by atoms with Gasteiger partial charge in [0.15, 0.2) is 0 Å². The van der Waals surface area contributed by atoms with Crippen LogP contribution in [0.2, 0.25) is 0 Å². The topological polar surface area (TPSA) is 62.1 Å². The van der Waals surface area contributed by atoms with E-state index in [9.17, 15) is 4.79 Å². The van der Waals surface area contributed by atoms with Gasteiger partial charge in [-0.3, -0.25) is 4.79 Å². The van der Waals surface area contributed by atoms with E-state index in [2.05, 4.69) is 11.4 Å². The van der Waals surface area contributed by atoms with Crippen molar-refractivity contribution in [1.82, 2.24) is 5.32 Å². The van der Waals surface area contributed by atoms with Crippen molar-refractivity contribution >= 4 is 12.0 Å². The average Bonchev–Trinajstić information content (AvgIpc) is 2.37. The van der Waals surface area contributed by atoms with Crippen LogP contribution in [0.5, 0.6) is 5.75 Å². The third-order valence-electron chi connectivity index (χ3n) is 2.34. The highest BCUT2D eigenvalue weighted by Crippen LogP contribution is 2.21. The molecule has 0 aliphatic carbocycles. The molecule has 1 rings (SSSR count). The highest BCUT2D eigenvalue weighted by molar-refractivity contribution is 5.72. The maximum atomic E-state index is 10.7. The highest BCUT2D eigenvalue weighted by atomic mass is 16.5. The third-order valence-corrected chi connectivity index (χ3v) is 2.34. The number of hydrogen-bond donors (Lipinski definition) is 1. The van der Waals surface area contributed by atoms with Gasteiger partial charge in [-0.15, -0.1) is 0 Å². The molecule has 0 aromatic heterocycles. The number of nitriles is 1. The van der Waals surface area contributed by atoms with Crippen LogP contribution in [0, 0.1) is 11.3 Å². The molecule has 4 nitrogen and oxygen atoms in total. The van der Waals surface area contributed by atoms with E-state index in [4.69, 9.17) is 10.00 Å². The predicted molar refractivity (Wildman–Crippen MR) is 70.0 cm³/mol. The van der Waals surface area contributed by atoms with Gasteiger partial charge in [0.05, 0.1) is 18.7 Å². The average molecular weight is 244 g/mol. The minimum absolute atomic E-state index is 0.0348. The van der Waals surface area contributed by atoms with Crippen molar-refractivity contribution < 1.29 is 9.53 Å². The molecule has 18 heavy (non-hydrogen) atoms. The van der Waals surface area contributed by atoms with Gasteiger partial charge in [0, 0.05) is 19.0 Å². The molecule has 0 aliphatic rings. The summed E-state index contributed by atoms with van der Waals surface area (Å²) in [5.74, 6) is 0.692. The van der Waals surface area contributed by atoms with Gasteiger partial charge >= 0.3 is 0 Å². The number of ether oxygens (including phenoxy) is 1. The number of methoxy groups -OCH3 is 1. The largest absolute Gasteiger partial charge is 0.496 e. The van der Waals surface area contributed by atoms with Gasteiger partial charge in [0.2, 0.25) is 5.91 Å². The van der Waals surface area contributed by atoms with Crippen molar-refractivity contribution in [2.24, 2.45) is 0 Å². The summed E-state index contributed by atoms with van der Waals surface area (Å²) in [4.78, 5) is 10.7. The minimum atomic E-state index is -0.0348. The monoisotopic (exact) mass is 244 g/mol. The van der Waals surface area contributed by atoms with Crippen LogP contribution in [0.4, 0.5) is 0 Å². The first-order chi connectivity index (χ1) is 8.67. The molecule has 0 aliphatic heterocycles. The molecule has 0 radical (unpaired) electrons. The van der Waals surface area contributed by atoms with Crippen molar-refractivity contribution in [3.8, 4) is 11.8 Å². The molecule has 1 amide bonds. The zero-order chi connectivity index (χ0) is 13.4. The Bertz CT molecular complexity index is 487. The van der Waals surface area contributed by atoms with E-state index < -0.39 is 0 Å². The van der Waals surface area contributed by atoms with Crippen LogP contribution in [0.15, 0.2) is 24.3 Å². The van der Waals surface area contributed by atoms with Gasteiger partial charge in [-0.2, -0.15) is 5.26 Å². The predicted octanol–water partition coefficient (Wildman–Crippen LogP) is 2.11. The molecule has 4 heteroatoms. The number of carbonyl (C=O) groups is 1. The lowest BCUT2D eigenvalue weighted by Gasteiger charge is -2.04. The Morgan fingerprint density at radius 1 is 1.56 bits per heavy atom. The van der Waals surface area contributed by atoms with E-state index in [1.54, 1.807) is 25.3 Å². The summed E-state index contributed by atoms with van der Waals surface area (Å²) in [6, 6.07) is 7.35. The van der Waals surface area contributed by atoms with Crippen LogP contribution >= 0.6 is 0 Å². The summed E-state index contributed by atoms with van der Waals surface area (Å²) < 4.78 is 5.21. The lowest BCUT2D eigenvalue weighted by molar-refractivity contribution is -0.118. The number of rotatable bonds is 5. The lowest BCUT2D eigenvalue weighted by atomic mass is 10.1. The van der Waals surface area contributed by atoms with Crippen molar-refractivity contribution in [3.63, 3.8) is 0 Å². The van der Waals surface area contributed by atoms with E-state index in [0.29, 0.717) is 12.1 Å². The standard InChI is InChI=1S/C14H16N2O2/c1-11(17)16-8-4-3-5-13-9-12(10-15)6-7-14(13)18-2/h3,5-7,9H,4,8H2,1-2H3,(H,16,17). The first-order valence-corrected chi connectivity index (χ1v) is 5.66. The molecule has 1 N–H and O–H groups in total. The van der Waals surface area contributed by atoms with Gasteiger partial charge < -0.3 is 10.1 Å². The van der Waals surface area contributed by atoms with Gasteiger partial charge in [-0.25, -0.2) is 0 Å². The lowest BCUT2D eigenvalue weighted by Crippen LogP contribution is -2.20. The van der Waals surface area contributed by atoms with Crippen LogP contribution < -0.4 is 10.1 Å². The number of hydrogen-bond acceptors (Lipinski definition) is 3. The molecule has 0 spiro atoms. The summed E-state index contributed by atoms with van der Waals surface area (Å²) in [6.07, 6.45) is 4.57. The molecule has 1 aromatic carbocycles. The third kappa shape index (κ3) is 4.30. The van der Waals surface area contributed by atoms with E-state index in [-0.39, 0.29) is 5.91 Å². The van der Waals surface area contributed by atoms with Gasteiger partial charge in [0.25, 0.3) is 0 Å². The van der Waals surface area contributed by atoms with Crippen molar-refractivity contribution in [3.05, 3.63) is 35.4 Å². The maximum Gasteiger partial charge on any atom is 0.216 e. The number of amides is 1. The first-order valence-electron chi connectivity index (χ1n) is 5.66. The molecule has 0 unspecified atom stereocenters. The summed E-state index contributed by atoms with van der Waals surface area (Å²) in [5, 5.41) is 11.5. The smallest absolute Gasteiger partial charge is 0.216 e. The quantitative estimate of drug-likeness (QED) is 0.807. The fourth-order valence-corrected chi connectivity index (χ4v) is 1.48. The van der Waals surface area contributed by atoms with Gasteiger partial charge in [0.1, 0.15) is 5.75 Å². The molecule has 94 valence electrons. The molecule has 0 saturated heterocycles. The minimum Gasteiger partial charge on any atom is -0.496 e.